The molecule has 0 heterocycles. The van der Waals surface area contributed by atoms with Crippen LogP contribution in [0.15, 0.2) is 109 Å². The molecule has 1 saturated carbocycles. The molecule has 16 heteroatoms. The van der Waals surface area contributed by atoms with Crippen LogP contribution in [0.3, 0.4) is 0 Å². The Morgan fingerprint density at radius 3 is 1.78 bits per heavy atom. The Bertz CT molecular complexity index is 2030. The van der Waals surface area contributed by atoms with Crippen LogP contribution in [0.2, 0.25) is 0 Å². The van der Waals surface area contributed by atoms with Crippen molar-refractivity contribution in [3.63, 3.8) is 0 Å². The second-order valence-corrected chi connectivity index (χ2v) is 17.7. The van der Waals surface area contributed by atoms with Crippen LogP contribution >= 0.6 is 0 Å². The molecule has 1 aliphatic carbocycles. The average Bonchev–Trinajstić information content (AvgIpc) is 3.19. The Labute approximate surface area is 351 Å². The highest BCUT2D eigenvalue weighted by Gasteiger charge is 2.43. The summed E-state index contributed by atoms with van der Waals surface area (Å²) >= 11 is 0. The molecule has 15 nitrogen and oxygen atoms in total. The van der Waals surface area contributed by atoms with Gasteiger partial charge >= 0.3 is 30.1 Å². The van der Waals surface area contributed by atoms with Crippen LogP contribution in [0.4, 0.5) is 9.59 Å². The number of aromatic hydroxyl groups is 1. The molecule has 0 spiro atoms. The van der Waals surface area contributed by atoms with Gasteiger partial charge in [0.15, 0.2) is 0 Å². The molecule has 2 unspecified atom stereocenters. The highest BCUT2D eigenvalue weighted by atomic mass is 32.2. The summed E-state index contributed by atoms with van der Waals surface area (Å²) in [5, 5.41) is 15.8. The van der Waals surface area contributed by atoms with Gasteiger partial charge in [0, 0.05) is 36.4 Å². The van der Waals surface area contributed by atoms with Crippen LogP contribution in [0.1, 0.15) is 51.2 Å². The lowest BCUT2D eigenvalue weighted by molar-refractivity contribution is -0.159. The van der Waals surface area contributed by atoms with Crippen molar-refractivity contribution in [3.8, 4) is 11.5 Å². The summed E-state index contributed by atoms with van der Waals surface area (Å²) in [5.74, 6) is -2.37. The van der Waals surface area contributed by atoms with Crippen LogP contribution in [0.25, 0.3) is 0 Å². The third-order valence-corrected chi connectivity index (χ3v) is 11.4. The van der Waals surface area contributed by atoms with Crippen molar-refractivity contribution in [2.45, 2.75) is 68.7 Å². The highest BCUT2D eigenvalue weighted by molar-refractivity contribution is 7.91. The third-order valence-electron chi connectivity index (χ3n) is 9.63. The number of phenolic OH excluding ortho intramolecular Hbond substituents is 1. The molecule has 0 aromatic heterocycles. The maximum absolute atomic E-state index is 13.6. The molecule has 3 N–H and O–H groups in total. The van der Waals surface area contributed by atoms with Crippen molar-refractivity contribution in [2.24, 2.45) is 16.2 Å². The normalized spacial score (nSPS) is 17.1. The summed E-state index contributed by atoms with van der Waals surface area (Å²) in [5.41, 5.74) is -1.55. The van der Waals surface area contributed by atoms with Crippen LogP contribution < -0.4 is 15.4 Å². The number of sulfone groups is 1. The molecule has 0 bridgehead atoms. The van der Waals surface area contributed by atoms with Gasteiger partial charge in [0.1, 0.15) is 43.3 Å². The molecule has 1 aliphatic rings. The molecule has 324 valence electrons. The predicted molar refractivity (Wildman–Crippen MR) is 222 cm³/mol. The first-order valence-corrected chi connectivity index (χ1v) is 20.4. The van der Waals surface area contributed by atoms with Gasteiger partial charge in [0.05, 0.1) is 9.79 Å². The number of carbonyl (C=O) groups excluding carboxylic acids is 5. The van der Waals surface area contributed by atoms with E-state index in [2.05, 4.69) is 43.5 Å². The Balaban J connectivity index is 1.72. The second kappa shape index (κ2) is 21.2. The summed E-state index contributed by atoms with van der Waals surface area (Å²) in [6, 6.07) is 7.81. The number of amides is 2. The van der Waals surface area contributed by atoms with Crippen molar-refractivity contribution >= 4 is 39.9 Å². The first-order valence-electron chi connectivity index (χ1n) is 18.9. The number of rotatable bonds is 21. The van der Waals surface area contributed by atoms with Crippen molar-refractivity contribution < 1.29 is 61.2 Å². The van der Waals surface area contributed by atoms with Gasteiger partial charge < -0.3 is 39.4 Å². The van der Waals surface area contributed by atoms with Gasteiger partial charge in [0.2, 0.25) is 9.84 Å². The first-order chi connectivity index (χ1) is 28.2. The molecule has 1 fully saturated rings. The van der Waals surface area contributed by atoms with Crippen LogP contribution in [0, 0.1) is 16.2 Å². The predicted octanol–water partition coefficient (Wildman–Crippen LogP) is 6.26. The van der Waals surface area contributed by atoms with Gasteiger partial charge in [0.25, 0.3) is 0 Å². The van der Waals surface area contributed by atoms with E-state index in [4.69, 9.17) is 23.7 Å². The fraction of sp³-hybridized carbons (Fsp3) is 0.386. The maximum atomic E-state index is 13.6. The van der Waals surface area contributed by atoms with Crippen molar-refractivity contribution in [1.82, 2.24) is 10.6 Å². The molecule has 0 radical (unpaired) electrons. The summed E-state index contributed by atoms with van der Waals surface area (Å²) in [4.78, 5) is 62.2. The van der Waals surface area contributed by atoms with E-state index in [0.29, 0.717) is 30.4 Å². The quantitative estimate of drug-likeness (QED) is 0.0549. The molecule has 2 amide bonds. The number of phenols is 1. The Kier molecular flexibility index (Phi) is 17.0. The third kappa shape index (κ3) is 14.0. The number of ether oxygens (including phenoxy) is 5. The lowest BCUT2D eigenvalue weighted by atomic mass is 9.62. The zero-order chi connectivity index (χ0) is 44.7. The summed E-state index contributed by atoms with van der Waals surface area (Å²) in [6.07, 6.45) is 6.34. The first kappa shape index (κ1) is 48.2. The van der Waals surface area contributed by atoms with Gasteiger partial charge in [-0.2, -0.15) is 0 Å². The number of carbonyl (C=O) groups is 5. The van der Waals surface area contributed by atoms with Gasteiger partial charge in [-0.25, -0.2) is 32.4 Å². The van der Waals surface area contributed by atoms with E-state index in [1.54, 1.807) is 12.2 Å². The summed E-state index contributed by atoms with van der Waals surface area (Å²) < 4.78 is 53.9. The lowest BCUT2D eigenvalue weighted by Crippen LogP contribution is -2.51. The van der Waals surface area contributed by atoms with Gasteiger partial charge in [-0.1, -0.05) is 52.7 Å². The molecular formula is C44H54N2O13S. The van der Waals surface area contributed by atoms with Crippen LogP contribution in [0.5, 0.6) is 11.5 Å². The minimum atomic E-state index is -4.01. The summed E-state index contributed by atoms with van der Waals surface area (Å²) in [7, 11) is -4.01. The molecule has 0 saturated heterocycles. The van der Waals surface area contributed by atoms with Crippen molar-refractivity contribution in [1.29, 1.82) is 0 Å². The molecular weight excluding hydrogens is 797 g/mol. The van der Waals surface area contributed by atoms with E-state index >= 15 is 0 Å². The molecule has 0 aliphatic heterocycles. The van der Waals surface area contributed by atoms with E-state index in [-0.39, 0.29) is 46.1 Å². The maximum Gasteiger partial charge on any atom is 0.412 e. The number of nitrogens with one attached hydrogen (secondary N) is 2. The zero-order valence-electron chi connectivity index (χ0n) is 34.3. The minimum absolute atomic E-state index is 0.0171. The van der Waals surface area contributed by atoms with E-state index < -0.39 is 83.2 Å². The Morgan fingerprint density at radius 2 is 1.25 bits per heavy atom. The fourth-order valence-electron chi connectivity index (χ4n) is 7.14. The van der Waals surface area contributed by atoms with E-state index in [0.717, 1.165) is 18.2 Å². The number of benzene rings is 2. The summed E-state index contributed by atoms with van der Waals surface area (Å²) in [6.45, 7) is 21.6. The smallest absolute Gasteiger partial charge is 0.412 e. The fourth-order valence-corrected chi connectivity index (χ4v) is 8.50. The van der Waals surface area contributed by atoms with Gasteiger partial charge in [-0.15, -0.1) is 13.2 Å². The topological polar surface area (TPSA) is 210 Å². The number of alkyl carbamates (subject to hydrolysis) is 1. The SMILES string of the molecule is C=CCc1cc(S(=O)(=O)c2ccc(OC(=O)NC3CC(C)(C)CC(C)(CNC(=O)OCC(COC(=O)C=C)(COC(=O)C=C)COC(=O)C=C)C3)c(CC=C)c2)ccc1O. The molecule has 3 rings (SSSR count). The largest absolute Gasteiger partial charge is 0.508 e. The van der Waals surface area contributed by atoms with E-state index in [1.807, 2.05) is 20.8 Å². The van der Waals surface area contributed by atoms with E-state index in [9.17, 15) is 37.5 Å². The van der Waals surface area contributed by atoms with E-state index in [1.165, 1.54) is 36.4 Å². The molecule has 2 aromatic rings. The monoisotopic (exact) mass is 850 g/mol. The number of hydrogen-bond donors (Lipinski definition) is 3. The standard InChI is InChI=1S/C44H54N2O13S/c1-9-14-30-20-33(16-18-35(30)47)60(53,54)34-17-19-36(31(21-34)15-10-2)59-41(52)46-32-22-42(6,7)24-43(8,23-32)25-45-40(51)58-29-44(26-55-37(48)11-3,27-56-38(49)12-4)28-57-39(50)13-5/h9-13,16-21,32,47H,1-5,14-15,22-29H2,6-8H3,(H,45,51)(H,46,52). The number of hydrogen-bond acceptors (Lipinski definition) is 13. The second-order valence-electron chi connectivity index (χ2n) is 15.7. The number of esters is 3. The highest BCUT2D eigenvalue weighted by Crippen LogP contribution is 2.46. The van der Waals surface area contributed by atoms with Crippen molar-refractivity contribution in [2.75, 3.05) is 33.0 Å². The Morgan fingerprint density at radius 1 is 0.750 bits per heavy atom. The number of allylic oxidation sites excluding steroid dienone is 2. The minimum Gasteiger partial charge on any atom is -0.508 e. The van der Waals surface area contributed by atoms with Crippen molar-refractivity contribution in [3.05, 3.63) is 111 Å². The van der Waals surface area contributed by atoms with Crippen LogP contribution in [-0.2, 0) is 56.0 Å². The van der Waals surface area contributed by atoms with Gasteiger partial charge in [-0.05, 0) is 84.9 Å². The van der Waals surface area contributed by atoms with Crippen LogP contribution in [-0.4, -0.2) is 82.6 Å². The average molecular weight is 851 g/mol. The lowest BCUT2D eigenvalue weighted by Gasteiger charge is -2.46. The zero-order valence-corrected chi connectivity index (χ0v) is 35.1. The molecule has 60 heavy (non-hydrogen) atoms. The Hall–Kier alpha value is -6.16. The molecule has 2 aromatic carbocycles. The van der Waals surface area contributed by atoms with Gasteiger partial charge in [-0.3, -0.25) is 0 Å². The molecule has 2 atom stereocenters.